The lowest BCUT2D eigenvalue weighted by atomic mass is 10.1. The Morgan fingerprint density at radius 3 is 2.50 bits per heavy atom. The van der Waals surface area contributed by atoms with Crippen LogP contribution in [0.5, 0.6) is 0 Å². The Labute approximate surface area is 62.8 Å². The second kappa shape index (κ2) is 5.03. The van der Waals surface area contributed by atoms with Gasteiger partial charge in [-0.3, -0.25) is 0 Å². The van der Waals surface area contributed by atoms with Crippen LogP contribution in [-0.2, 0) is 0 Å². The van der Waals surface area contributed by atoms with Crippen LogP contribution in [0.3, 0.4) is 0 Å². The van der Waals surface area contributed by atoms with Gasteiger partial charge in [0.2, 0.25) is 0 Å². The molecule has 0 spiro atoms. The molecule has 0 aromatic rings. The Bertz CT molecular complexity index is 125. The van der Waals surface area contributed by atoms with Gasteiger partial charge in [0, 0.05) is 19.0 Å². The summed E-state index contributed by atoms with van der Waals surface area (Å²) in [5.41, 5.74) is 1.04. The highest BCUT2D eigenvalue weighted by molar-refractivity contribution is 5.75. The van der Waals surface area contributed by atoms with Gasteiger partial charge in [0.05, 0.1) is 0 Å². The molecular formula is C8H16N2. The molecule has 2 heteroatoms. The average Bonchev–Trinajstić information content (AvgIpc) is 1.89. The van der Waals surface area contributed by atoms with Crippen LogP contribution in [0.1, 0.15) is 20.8 Å². The highest BCUT2D eigenvalue weighted by atomic mass is 14.8. The van der Waals surface area contributed by atoms with Gasteiger partial charge < -0.3 is 10.7 Å². The molecule has 2 N–H and O–H groups in total. The Balaban J connectivity index is 3.91. The Morgan fingerprint density at radius 1 is 1.60 bits per heavy atom. The lowest BCUT2D eigenvalue weighted by molar-refractivity contribution is 0.784. The summed E-state index contributed by atoms with van der Waals surface area (Å²) in [6, 6.07) is 0. The van der Waals surface area contributed by atoms with Crippen molar-refractivity contribution in [2.24, 2.45) is 5.92 Å². The molecule has 0 heterocycles. The SMILES string of the molecule is CCN/C=C(\C=N)C(C)C. The first kappa shape index (κ1) is 9.21. The van der Waals surface area contributed by atoms with Crippen LogP contribution in [0, 0.1) is 11.3 Å². The number of allylic oxidation sites excluding steroid dienone is 1. The van der Waals surface area contributed by atoms with Crippen molar-refractivity contribution in [3.63, 3.8) is 0 Å². The molecule has 0 atom stereocenters. The van der Waals surface area contributed by atoms with Gasteiger partial charge in [-0.1, -0.05) is 13.8 Å². The second-order valence-electron chi connectivity index (χ2n) is 2.50. The first-order chi connectivity index (χ1) is 4.72. The Morgan fingerprint density at radius 2 is 2.20 bits per heavy atom. The minimum absolute atomic E-state index is 0.441. The monoisotopic (exact) mass is 140 g/mol. The summed E-state index contributed by atoms with van der Waals surface area (Å²) in [5.74, 6) is 0.441. The number of rotatable bonds is 4. The van der Waals surface area contributed by atoms with E-state index in [1.807, 2.05) is 13.1 Å². The van der Waals surface area contributed by atoms with Crippen LogP contribution in [-0.4, -0.2) is 12.8 Å². The summed E-state index contributed by atoms with van der Waals surface area (Å²) in [7, 11) is 0. The third kappa shape index (κ3) is 3.28. The molecule has 0 saturated carbocycles. The van der Waals surface area contributed by atoms with E-state index in [9.17, 15) is 0 Å². The van der Waals surface area contributed by atoms with Crippen molar-refractivity contribution in [1.82, 2.24) is 5.32 Å². The fourth-order valence-electron chi connectivity index (χ4n) is 0.595. The van der Waals surface area contributed by atoms with Gasteiger partial charge in [-0.05, 0) is 18.4 Å². The molecule has 0 aliphatic rings. The molecule has 0 fully saturated rings. The zero-order valence-electron chi connectivity index (χ0n) is 6.94. The Hall–Kier alpha value is -0.790. The van der Waals surface area contributed by atoms with Gasteiger partial charge in [0.1, 0.15) is 0 Å². The average molecular weight is 140 g/mol. The fraction of sp³-hybridized carbons (Fsp3) is 0.625. The van der Waals surface area contributed by atoms with Crippen LogP contribution >= 0.6 is 0 Å². The maximum absolute atomic E-state index is 7.04. The quantitative estimate of drug-likeness (QED) is 0.574. The van der Waals surface area contributed by atoms with Crippen molar-refractivity contribution in [2.75, 3.05) is 6.54 Å². The third-order valence-electron chi connectivity index (χ3n) is 1.31. The van der Waals surface area contributed by atoms with Gasteiger partial charge >= 0.3 is 0 Å². The normalized spacial score (nSPS) is 11.8. The highest BCUT2D eigenvalue weighted by Gasteiger charge is 1.96. The predicted molar refractivity (Wildman–Crippen MR) is 45.4 cm³/mol. The summed E-state index contributed by atoms with van der Waals surface area (Å²) in [4.78, 5) is 0. The van der Waals surface area contributed by atoms with Crippen LogP contribution in [0.2, 0.25) is 0 Å². The van der Waals surface area contributed by atoms with Crippen molar-refractivity contribution in [3.8, 4) is 0 Å². The van der Waals surface area contributed by atoms with Crippen LogP contribution in [0.25, 0.3) is 0 Å². The molecule has 0 aromatic heterocycles. The van der Waals surface area contributed by atoms with Gasteiger partial charge in [-0.25, -0.2) is 0 Å². The van der Waals surface area contributed by atoms with Gasteiger partial charge in [-0.2, -0.15) is 0 Å². The van der Waals surface area contributed by atoms with Crippen LogP contribution < -0.4 is 5.32 Å². The molecule has 58 valence electrons. The highest BCUT2D eigenvalue weighted by Crippen LogP contribution is 2.03. The van der Waals surface area contributed by atoms with Crippen molar-refractivity contribution in [3.05, 3.63) is 11.8 Å². The molecule has 0 saturated heterocycles. The smallest absolute Gasteiger partial charge is 0.0226 e. The molecule has 2 nitrogen and oxygen atoms in total. The summed E-state index contributed by atoms with van der Waals surface area (Å²) >= 11 is 0. The molecule has 10 heavy (non-hydrogen) atoms. The van der Waals surface area contributed by atoms with Crippen LogP contribution in [0.15, 0.2) is 11.8 Å². The zero-order valence-corrected chi connectivity index (χ0v) is 6.94. The van der Waals surface area contributed by atoms with E-state index < -0.39 is 0 Å². The maximum Gasteiger partial charge on any atom is 0.0226 e. The lowest BCUT2D eigenvalue weighted by Crippen LogP contribution is -2.07. The zero-order chi connectivity index (χ0) is 7.98. The summed E-state index contributed by atoms with van der Waals surface area (Å²) < 4.78 is 0. The lowest BCUT2D eigenvalue weighted by Gasteiger charge is -2.04. The van der Waals surface area contributed by atoms with E-state index in [1.165, 1.54) is 6.21 Å². The molecule has 0 bridgehead atoms. The summed E-state index contributed by atoms with van der Waals surface area (Å²) in [6.07, 6.45) is 3.30. The summed E-state index contributed by atoms with van der Waals surface area (Å²) in [6.45, 7) is 7.12. The van der Waals surface area contributed by atoms with Gasteiger partial charge in [0.25, 0.3) is 0 Å². The first-order valence-electron chi connectivity index (χ1n) is 3.66. The summed E-state index contributed by atoms with van der Waals surface area (Å²) in [5, 5.41) is 10.1. The topological polar surface area (TPSA) is 35.9 Å². The molecule has 0 rings (SSSR count). The molecule has 0 aromatic carbocycles. The van der Waals surface area contributed by atoms with E-state index >= 15 is 0 Å². The first-order valence-corrected chi connectivity index (χ1v) is 3.66. The molecule has 0 unspecified atom stereocenters. The molecule has 0 aliphatic heterocycles. The van der Waals surface area contributed by atoms with E-state index in [1.54, 1.807) is 0 Å². The maximum atomic E-state index is 7.04. The standard InChI is InChI=1S/C8H16N2/c1-4-10-6-8(5-9)7(2)3/h5-7,9-10H,4H2,1-3H3/b8-6+,9-5?. The van der Waals surface area contributed by atoms with E-state index in [0.717, 1.165) is 12.1 Å². The minimum atomic E-state index is 0.441. The number of nitrogens with one attached hydrogen (secondary N) is 2. The van der Waals surface area contributed by atoms with Crippen molar-refractivity contribution in [1.29, 1.82) is 5.41 Å². The minimum Gasteiger partial charge on any atom is -0.391 e. The second-order valence-corrected chi connectivity index (χ2v) is 2.50. The Kier molecular flexibility index (Phi) is 4.63. The number of hydrogen-bond acceptors (Lipinski definition) is 2. The van der Waals surface area contributed by atoms with E-state index in [-0.39, 0.29) is 0 Å². The predicted octanol–water partition coefficient (Wildman–Crippen LogP) is 1.79. The molecule has 0 amide bonds. The largest absolute Gasteiger partial charge is 0.391 e. The van der Waals surface area contributed by atoms with E-state index in [0.29, 0.717) is 5.92 Å². The van der Waals surface area contributed by atoms with Crippen molar-refractivity contribution in [2.45, 2.75) is 20.8 Å². The van der Waals surface area contributed by atoms with Crippen molar-refractivity contribution < 1.29 is 0 Å². The number of hydrogen-bond donors (Lipinski definition) is 2. The fourth-order valence-corrected chi connectivity index (χ4v) is 0.595. The van der Waals surface area contributed by atoms with E-state index in [4.69, 9.17) is 5.41 Å². The molecular weight excluding hydrogens is 124 g/mol. The van der Waals surface area contributed by atoms with E-state index in [2.05, 4.69) is 19.2 Å². The van der Waals surface area contributed by atoms with Crippen LogP contribution in [0.4, 0.5) is 0 Å². The molecule has 0 radical (unpaired) electrons. The molecule has 0 aliphatic carbocycles. The van der Waals surface area contributed by atoms with Gasteiger partial charge in [0.15, 0.2) is 0 Å². The van der Waals surface area contributed by atoms with Crippen molar-refractivity contribution >= 4 is 6.21 Å². The van der Waals surface area contributed by atoms with Gasteiger partial charge in [-0.15, -0.1) is 0 Å². The third-order valence-corrected chi connectivity index (χ3v) is 1.31.